The SMILES string of the molecule is CO[Si](CCCS[SiH3])(OC)OC. The van der Waals surface area contributed by atoms with Gasteiger partial charge in [-0.15, -0.1) is 0 Å². The predicted molar refractivity (Wildman–Crippen MR) is 58.6 cm³/mol. The third kappa shape index (κ3) is 4.06. The average molecular weight is 226 g/mol. The Morgan fingerprint density at radius 2 is 1.67 bits per heavy atom. The van der Waals surface area contributed by atoms with E-state index in [1.165, 1.54) is 15.1 Å². The van der Waals surface area contributed by atoms with E-state index in [1.54, 1.807) is 21.3 Å². The molecule has 0 spiro atoms. The molecular weight excluding hydrogens is 208 g/mol. The van der Waals surface area contributed by atoms with E-state index in [0.29, 0.717) is 0 Å². The molecule has 0 atom stereocenters. The summed E-state index contributed by atoms with van der Waals surface area (Å²) < 4.78 is 15.8. The van der Waals surface area contributed by atoms with Crippen LogP contribution < -0.4 is 0 Å². The van der Waals surface area contributed by atoms with Crippen LogP contribution in [-0.4, -0.2) is 45.3 Å². The fourth-order valence-electron chi connectivity index (χ4n) is 0.989. The van der Waals surface area contributed by atoms with Crippen LogP contribution in [0.3, 0.4) is 0 Å². The minimum Gasteiger partial charge on any atom is -0.377 e. The summed E-state index contributed by atoms with van der Waals surface area (Å²) in [5.41, 5.74) is 0. The van der Waals surface area contributed by atoms with E-state index in [1.807, 2.05) is 11.2 Å². The molecule has 0 radical (unpaired) electrons. The minimum absolute atomic E-state index is 0.922. The van der Waals surface area contributed by atoms with Gasteiger partial charge < -0.3 is 13.3 Å². The second-order valence-electron chi connectivity index (χ2n) is 2.39. The molecule has 0 aromatic rings. The van der Waals surface area contributed by atoms with Gasteiger partial charge in [-0.05, 0) is 12.2 Å². The molecule has 0 aliphatic heterocycles. The Labute approximate surface area is 82.6 Å². The van der Waals surface area contributed by atoms with Crippen LogP contribution in [0.2, 0.25) is 6.04 Å². The Bertz CT molecular complexity index is 103. The van der Waals surface area contributed by atoms with Crippen LogP contribution in [-0.2, 0) is 13.3 Å². The van der Waals surface area contributed by atoms with E-state index < -0.39 is 8.80 Å². The zero-order valence-electron chi connectivity index (χ0n) is 8.25. The van der Waals surface area contributed by atoms with E-state index in [4.69, 9.17) is 13.3 Å². The molecular formula is C6H18O3SSi2. The molecule has 0 rings (SSSR count). The maximum absolute atomic E-state index is 5.28. The van der Waals surface area contributed by atoms with Gasteiger partial charge in [-0.1, -0.05) is 0 Å². The molecule has 0 aliphatic carbocycles. The lowest BCUT2D eigenvalue weighted by Crippen LogP contribution is -2.42. The Hall–Kier alpha value is 0.664. The standard InChI is InChI=1S/C6H18O3SSi2/c1-7-12(8-2,9-3)6-4-5-10-11/h4-6H2,1-3,11H3. The van der Waals surface area contributed by atoms with Crippen molar-refractivity contribution < 1.29 is 13.3 Å². The van der Waals surface area contributed by atoms with Crippen LogP contribution in [0.4, 0.5) is 0 Å². The highest BCUT2D eigenvalue weighted by Crippen LogP contribution is 2.15. The summed E-state index contributed by atoms with van der Waals surface area (Å²) in [7, 11) is 3.93. The quantitative estimate of drug-likeness (QED) is 0.460. The average Bonchev–Trinajstić information content (AvgIpc) is 2.14. The van der Waals surface area contributed by atoms with Gasteiger partial charge in [0.15, 0.2) is 0 Å². The molecule has 0 heterocycles. The first-order valence-corrected chi connectivity index (χ1v) is 9.66. The first-order chi connectivity index (χ1) is 5.74. The molecule has 3 nitrogen and oxygen atoms in total. The van der Waals surface area contributed by atoms with E-state index >= 15 is 0 Å². The molecule has 0 amide bonds. The minimum atomic E-state index is -2.25. The van der Waals surface area contributed by atoms with Gasteiger partial charge in [-0.2, -0.15) is 11.2 Å². The zero-order valence-corrected chi connectivity index (χ0v) is 12.1. The first kappa shape index (κ1) is 12.7. The van der Waals surface area contributed by atoms with E-state index in [0.717, 1.165) is 12.5 Å². The maximum atomic E-state index is 5.28. The number of hydrogen-bond acceptors (Lipinski definition) is 4. The normalized spacial score (nSPS) is 12.2. The Balaban J connectivity index is 3.76. The first-order valence-electron chi connectivity index (χ1n) is 3.89. The van der Waals surface area contributed by atoms with Gasteiger partial charge in [0.1, 0.15) is 0 Å². The lowest BCUT2D eigenvalue weighted by Gasteiger charge is -2.23. The summed E-state index contributed by atoms with van der Waals surface area (Å²) in [5, 5.41) is 0. The largest absolute Gasteiger partial charge is 0.500 e. The van der Waals surface area contributed by atoms with Gasteiger partial charge in [-0.25, -0.2) is 0 Å². The van der Waals surface area contributed by atoms with Crippen molar-refractivity contribution >= 4 is 29.4 Å². The third-order valence-corrected chi connectivity index (χ3v) is 6.52. The van der Waals surface area contributed by atoms with Crippen LogP contribution in [0.15, 0.2) is 0 Å². The van der Waals surface area contributed by atoms with Crippen LogP contribution in [0, 0.1) is 0 Å². The predicted octanol–water partition coefficient (Wildman–Crippen LogP) is 0.268. The van der Waals surface area contributed by atoms with Crippen molar-refractivity contribution in [3.05, 3.63) is 0 Å². The highest BCUT2D eigenvalue weighted by molar-refractivity contribution is 8.19. The summed E-state index contributed by atoms with van der Waals surface area (Å²) in [5.74, 6) is 1.19. The van der Waals surface area contributed by atoms with Crippen molar-refractivity contribution in [2.24, 2.45) is 0 Å². The number of hydrogen-bond donors (Lipinski definition) is 0. The zero-order chi connectivity index (χ0) is 9.45. The van der Waals surface area contributed by atoms with Gasteiger partial charge >= 0.3 is 8.80 Å². The van der Waals surface area contributed by atoms with Gasteiger partial charge in [-0.3, -0.25) is 0 Å². The highest BCUT2D eigenvalue weighted by Gasteiger charge is 2.36. The third-order valence-electron chi connectivity index (χ3n) is 1.76. The summed E-state index contributed by atoms with van der Waals surface area (Å²) >= 11 is 1.97. The molecule has 0 N–H and O–H groups in total. The molecule has 74 valence electrons. The molecule has 0 aromatic carbocycles. The summed E-state index contributed by atoms with van der Waals surface area (Å²) in [6, 6.07) is 0.922. The molecule has 0 unspecified atom stereocenters. The Kier molecular flexibility index (Phi) is 7.50. The van der Waals surface area contributed by atoms with Gasteiger partial charge in [0.2, 0.25) is 0 Å². The molecule has 6 heteroatoms. The van der Waals surface area contributed by atoms with Gasteiger partial charge in [0.05, 0.1) is 9.39 Å². The van der Waals surface area contributed by atoms with Crippen LogP contribution in [0.25, 0.3) is 0 Å². The monoisotopic (exact) mass is 226 g/mol. The molecule has 0 aliphatic rings. The van der Waals surface area contributed by atoms with Crippen LogP contribution in [0.5, 0.6) is 0 Å². The fraction of sp³-hybridized carbons (Fsp3) is 1.00. The Morgan fingerprint density at radius 1 is 1.17 bits per heavy atom. The Morgan fingerprint density at radius 3 is 2.00 bits per heavy atom. The number of rotatable bonds is 7. The molecule has 0 saturated heterocycles. The smallest absolute Gasteiger partial charge is 0.377 e. The lowest BCUT2D eigenvalue weighted by molar-refractivity contribution is 0.123. The van der Waals surface area contributed by atoms with Crippen molar-refractivity contribution in [1.29, 1.82) is 0 Å². The molecule has 0 fully saturated rings. The summed E-state index contributed by atoms with van der Waals surface area (Å²) in [4.78, 5) is 0. The second-order valence-corrected chi connectivity index (χ2v) is 8.20. The second kappa shape index (κ2) is 7.10. The maximum Gasteiger partial charge on any atom is 0.500 e. The van der Waals surface area contributed by atoms with Crippen molar-refractivity contribution in [3.63, 3.8) is 0 Å². The summed E-state index contributed by atoms with van der Waals surface area (Å²) in [6.45, 7) is 0. The van der Waals surface area contributed by atoms with Crippen molar-refractivity contribution in [2.75, 3.05) is 27.1 Å². The molecule has 0 aromatic heterocycles. The van der Waals surface area contributed by atoms with Crippen molar-refractivity contribution in [1.82, 2.24) is 0 Å². The van der Waals surface area contributed by atoms with Gasteiger partial charge in [0.25, 0.3) is 0 Å². The molecule has 12 heavy (non-hydrogen) atoms. The van der Waals surface area contributed by atoms with Gasteiger partial charge in [0, 0.05) is 27.4 Å². The lowest BCUT2D eigenvalue weighted by atomic mass is 10.6. The topological polar surface area (TPSA) is 27.7 Å². The summed E-state index contributed by atoms with van der Waals surface area (Å²) in [6.07, 6.45) is 1.12. The van der Waals surface area contributed by atoms with Crippen molar-refractivity contribution in [3.8, 4) is 0 Å². The fourth-order valence-corrected chi connectivity index (χ4v) is 4.27. The highest BCUT2D eigenvalue weighted by atomic mass is 32.4. The van der Waals surface area contributed by atoms with Crippen molar-refractivity contribution in [2.45, 2.75) is 12.5 Å². The molecule has 0 bridgehead atoms. The molecule has 0 saturated carbocycles. The van der Waals surface area contributed by atoms with E-state index in [2.05, 4.69) is 0 Å². The van der Waals surface area contributed by atoms with E-state index in [9.17, 15) is 0 Å². The van der Waals surface area contributed by atoms with E-state index in [-0.39, 0.29) is 0 Å². The van der Waals surface area contributed by atoms with Crippen LogP contribution >= 0.6 is 11.2 Å². The van der Waals surface area contributed by atoms with Crippen LogP contribution in [0.1, 0.15) is 6.42 Å².